The van der Waals surface area contributed by atoms with E-state index in [1.807, 2.05) is 4.90 Å². The molecule has 124 valence electrons. The van der Waals surface area contributed by atoms with E-state index in [-0.39, 0.29) is 17.2 Å². The number of aromatic nitrogens is 3. The highest BCUT2D eigenvalue weighted by Gasteiger charge is 2.49. The van der Waals surface area contributed by atoms with E-state index in [0.29, 0.717) is 38.2 Å². The van der Waals surface area contributed by atoms with Gasteiger partial charge in [0.2, 0.25) is 5.91 Å². The van der Waals surface area contributed by atoms with E-state index >= 15 is 0 Å². The lowest BCUT2D eigenvalue weighted by Gasteiger charge is -2.37. The van der Waals surface area contributed by atoms with Gasteiger partial charge in [0.1, 0.15) is 12.0 Å². The van der Waals surface area contributed by atoms with E-state index in [1.54, 1.807) is 28.2 Å². The van der Waals surface area contributed by atoms with Gasteiger partial charge in [0, 0.05) is 25.0 Å². The first-order valence-electron chi connectivity index (χ1n) is 7.94. The smallest absolute Gasteiger partial charge is 0.273 e. The van der Waals surface area contributed by atoms with Crippen LogP contribution in [0.5, 0.6) is 0 Å². The second kappa shape index (κ2) is 5.94. The van der Waals surface area contributed by atoms with E-state index in [4.69, 9.17) is 0 Å². The van der Waals surface area contributed by atoms with Crippen molar-refractivity contribution in [1.82, 2.24) is 19.9 Å². The van der Waals surface area contributed by atoms with Crippen LogP contribution in [0.25, 0.3) is 0 Å². The molecule has 0 unspecified atom stereocenters. The minimum Gasteiger partial charge on any atom is -0.337 e. The van der Waals surface area contributed by atoms with Crippen LogP contribution < -0.4 is 4.90 Å². The van der Waals surface area contributed by atoms with Crippen molar-refractivity contribution < 1.29 is 9.59 Å². The number of likely N-dealkylation sites (tertiary alicyclic amines) is 1. The van der Waals surface area contributed by atoms with Gasteiger partial charge in [-0.05, 0) is 19.3 Å². The average Bonchev–Trinajstić information content (AvgIpc) is 3.26. The third-order valence-corrected chi connectivity index (χ3v) is 5.62. The Hall–Kier alpha value is -2.35. The Morgan fingerprint density at radius 2 is 1.83 bits per heavy atom. The molecule has 4 heterocycles. The summed E-state index contributed by atoms with van der Waals surface area (Å²) in [6, 6.07) is 0. The highest BCUT2D eigenvalue weighted by Crippen LogP contribution is 2.43. The van der Waals surface area contributed by atoms with Gasteiger partial charge in [0.25, 0.3) is 5.91 Å². The molecule has 4 rings (SSSR count). The standard InChI is InChI=1S/C16H17N5O2S/c22-14(13-9-24-11-19-13)20-4-1-16(2-5-20)3-6-21(15(16)23)12-7-17-10-18-8-12/h7-11H,1-6H2. The monoisotopic (exact) mass is 343 g/mol. The zero-order valence-electron chi connectivity index (χ0n) is 13.1. The SMILES string of the molecule is O=C(c1cscn1)N1CCC2(CC1)CCN(c1cncnc1)C2=O. The molecule has 2 aromatic heterocycles. The molecule has 0 atom stereocenters. The average molecular weight is 343 g/mol. The van der Waals surface area contributed by atoms with Gasteiger partial charge >= 0.3 is 0 Å². The van der Waals surface area contributed by atoms with Crippen molar-refractivity contribution in [2.75, 3.05) is 24.5 Å². The third kappa shape index (κ3) is 2.47. The number of rotatable bonds is 2. The molecule has 2 aliphatic heterocycles. The van der Waals surface area contributed by atoms with Crippen LogP contribution in [-0.4, -0.2) is 51.3 Å². The first kappa shape index (κ1) is 15.2. The van der Waals surface area contributed by atoms with Gasteiger partial charge in [-0.15, -0.1) is 11.3 Å². The maximum Gasteiger partial charge on any atom is 0.273 e. The molecule has 0 N–H and O–H groups in total. The Kier molecular flexibility index (Phi) is 3.76. The number of carbonyl (C=O) groups is 2. The third-order valence-electron chi connectivity index (χ3n) is 5.03. The van der Waals surface area contributed by atoms with Crippen LogP contribution in [0.3, 0.4) is 0 Å². The Bertz CT molecular complexity index is 741. The number of hydrogen-bond acceptors (Lipinski definition) is 6. The van der Waals surface area contributed by atoms with Crippen molar-refractivity contribution in [2.45, 2.75) is 19.3 Å². The highest BCUT2D eigenvalue weighted by atomic mass is 32.1. The number of anilines is 1. The van der Waals surface area contributed by atoms with Crippen LogP contribution in [0.4, 0.5) is 5.69 Å². The van der Waals surface area contributed by atoms with Crippen molar-refractivity contribution in [3.05, 3.63) is 35.3 Å². The predicted octanol–water partition coefficient (Wildman–Crippen LogP) is 1.59. The molecular formula is C16H17N5O2S. The van der Waals surface area contributed by atoms with E-state index in [0.717, 1.165) is 12.1 Å². The maximum atomic E-state index is 12.9. The molecule has 1 spiro atoms. The molecular weight excluding hydrogens is 326 g/mol. The summed E-state index contributed by atoms with van der Waals surface area (Å²) in [6.45, 7) is 1.88. The van der Waals surface area contributed by atoms with Crippen LogP contribution >= 0.6 is 11.3 Å². The molecule has 2 amide bonds. The zero-order valence-corrected chi connectivity index (χ0v) is 13.9. The van der Waals surface area contributed by atoms with Crippen LogP contribution in [0.2, 0.25) is 0 Å². The van der Waals surface area contributed by atoms with Gasteiger partial charge in [-0.1, -0.05) is 0 Å². The summed E-state index contributed by atoms with van der Waals surface area (Å²) in [5.74, 6) is 0.0999. The summed E-state index contributed by atoms with van der Waals surface area (Å²) in [4.78, 5) is 41.0. The first-order valence-corrected chi connectivity index (χ1v) is 8.88. The van der Waals surface area contributed by atoms with Gasteiger partial charge in [-0.25, -0.2) is 15.0 Å². The van der Waals surface area contributed by atoms with Gasteiger partial charge in [-0.3, -0.25) is 9.59 Å². The van der Waals surface area contributed by atoms with Gasteiger partial charge < -0.3 is 9.80 Å². The summed E-state index contributed by atoms with van der Waals surface area (Å²) in [7, 11) is 0. The summed E-state index contributed by atoms with van der Waals surface area (Å²) in [6.07, 6.45) is 7.02. The summed E-state index contributed by atoms with van der Waals surface area (Å²) in [5, 5.41) is 1.77. The van der Waals surface area contributed by atoms with Crippen molar-refractivity contribution in [2.24, 2.45) is 5.41 Å². The maximum absolute atomic E-state index is 12.9. The number of hydrogen-bond donors (Lipinski definition) is 0. The largest absolute Gasteiger partial charge is 0.337 e. The Morgan fingerprint density at radius 3 is 2.50 bits per heavy atom. The summed E-state index contributed by atoms with van der Waals surface area (Å²) in [5.41, 5.74) is 2.56. The topological polar surface area (TPSA) is 79.3 Å². The van der Waals surface area contributed by atoms with E-state index in [1.165, 1.54) is 17.7 Å². The molecule has 7 nitrogen and oxygen atoms in total. The zero-order chi connectivity index (χ0) is 16.6. The van der Waals surface area contributed by atoms with Crippen LogP contribution in [0.15, 0.2) is 29.6 Å². The fourth-order valence-electron chi connectivity index (χ4n) is 3.58. The number of amides is 2. The Morgan fingerprint density at radius 1 is 1.12 bits per heavy atom. The number of carbonyl (C=O) groups excluding carboxylic acids is 2. The molecule has 2 aliphatic rings. The number of thiazole rings is 1. The molecule has 0 bridgehead atoms. The first-order chi connectivity index (χ1) is 11.7. The second-order valence-corrected chi connectivity index (χ2v) is 6.97. The molecule has 0 radical (unpaired) electrons. The van der Waals surface area contributed by atoms with Crippen molar-refractivity contribution >= 4 is 28.8 Å². The molecule has 8 heteroatoms. The predicted molar refractivity (Wildman–Crippen MR) is 88.7 cm³/mol. The van der Waals surface area contributed by atoms with Crippen molar-refractivity contribution in [3.8, 4) is 0 Å². The van der Waals surface area contributed by atoms with Crippen LogP contribution in [-0.2, 0) is 4.79 Å². The molecule has 0 aliphatic carbocycles. The fourth-order valence-corrected chi connectivity index (χ4v) is 4.11. The minimum atomic E-state index is -0.352. The minimum absolute atomic E-state index is 0.0372. The Labute approximate surface area is 143 Å². The number of nitrogens with zero attached hydrogens (tertiary/aromatic N) is 5. The normalized spacial score (nSPS) is 19.9. The van der Waals surface area contributed by atoms with E-state index < -0.39 is 0 Å². The van der Waals surface area contributed by atoms with Gasteiger partial charge in [-0.2, -0.15) is 0 Å². The fraction of sp³-hybridized carbons (Fsp3) is 0.438. The molecule has 2 aromatic rings. The summed E-state index contributed by atoms with van der Waals surface area (Å²) < 4.78 is 0. The quantitative estimate of drug-likeness (QED) is 0.827. The summed E-state index contributed by atoms with van der Waals surface area (Å²) >= 11 is 1.42. The van der Waals surface area contributed by atoms with Crippen LogP contribution in [0, 0.1) is 5.41 Å². The number of piperidine rings is 1. The van der Waals surface area contributed by atoms with Gasteiger partial charge in [0.15, 0.2) is 0 Å². The second-order valence-electron chi connectivity index (χ2n) is 6.25. The van der Waals surface area contributed by atoms with Gasteiger partial charge in [0.05, 0.1) is 29.0 Å². The molecule has 0 aromatic carbocycles. The molecule has 0 saturated carbocycles. The molecule has 24 heavy (non-hydrogen) atoms. The Balaban J connectivity index is 1.45. The van der Waals surface area contributed by atoms with Crippen LogP contribution in [0.1, 0.15) is 29.8 Å². The lowest BCUT2D eigenvalue weighted by molar-refractivity contribution is -0.127. The molecule has 2 fully saturated rings. The lowest BCUT2D eigenvalue weighted by Crippen LogP contribution is -2.46. The van der Waals surface area contributed by atoms with Crippen molar-refractivity contribution in [1.29, 1.82) is 0 Å². The molecule has 2 saturated heterocycles. The van der Waals surface area contributed by atoms with E-state index in [9.17, 15) is 9.59 Å². The van der Waals surface area contributed by atoms with E-state index in [2.05, 4.69) is 15.0 Å². The highest BCUT2D eigenvalue weighted by molar-refractivity contribution is 7.07. The lowest BCUT2D eigenvalue weighted by atomic mass is 9.77. The van der Waals surface area contributed by atoms with Crippen molar-refractivity contribution in [3.63, 3.8) is 0 Å².